The van der Waals surface area contributed by atoms with Gasteiger partial charge in [-0.2, -0.15) is 4.31 Å². The van der Waals surface area contributed by atoms with E-state index in [9.17, 15) is 17.6 Å². The molecule has 0 spiro atoms. The van der Waals surface area contributed by atoms with Gasteiger partial charge < -0.3 is 5.32 Å². The van der Waals surface area contributed by atoms with Crippen LogP contribution in [0, 0.1) is 17.7 Å². The van der Waals surface area contributed by atoms with Crippen LogP contribution in [0.3, 0.4) is 0 Å². The van der Waals surface area contributed by atoms with Crippen molar-refractivity contribution in [2.24, 2.45) is 11.8 Å². The maximum atomic E-state index is 14.3. The fourth-order valence-corrected chi connectivity index (χ4v) is 5.74. The van der Waals surface area contributed by atoms with Crippen LogP contribution in [0.2, 0.25) is 10.0 Å². The quantitative estimate of drug-likeness (QED) is 0.683. The van der Waals surface area contributed by atoms with Gasteiger partial charge in [0.05, 0.1) is 20.5 Å². The Morgan fingerprint density at radius 3 is 2.40 bits per heavy atom. The monoisotopic (exact) mass is 472 g/mol. The first kappa shape index (κ1) is 23.0. The van der Waals surface area contributed by atoms with E-state index in [4.69, 9.17) is 23.2 Å². The third kappa shape index (κ3) is 5.14. The topological polar surface area (TPSA) is 66.5 Å². The van der Waals surface area contributed by atoms with Crippen molar-refractivity contribution < 1.29 is 17.6 Å². The van der Waals surface area contributed by atoms with Crippen LogP contribution in [0.15, 0.2) is 41.3 Å². The molecule has 1 amide bonds. The van der Waals surface area contributed by atoms with Gasteiger partial charge in [-0.05, 0) is 54.2 Å². The molecule has 2 aromatic rings. The van der Waals surface area contributed by atoms with E-state index in [1.54, 1.807) is 18.2 Å². The second-order valence-electron chi connectivity index (χ2n) is 7.84. The number of nitrogens with one attached hydrogen (secondary N) is 1. The molecule has 0 saturated carbocycles. The molecule has 0 aromatic heterocycles. The number of nitrogens with zero attached hydrogens (tertiary/aromatic N) is 1. The molecule has 1 fully saturated rings. The Hall–Kier alpha value is -1.67. The number of benzene rings is 2. The van der Waals surface area contributed by atoms with Gasteiger partial charge in [0, 0.05) is 19.6 Å². The van der Waals surface area contributed by atoms with Gasteiger partial charge in [0.25, 0.3) is 5.91 Å². The highest BCUT2D eigenvalue weighted by molar-refractivity contribution is 7.89. The summed E-state index contributed by atoms with van der Waals surface area (Å²) in [5.41, 5.74) is 0.354. The number of carbonyl (C=O) groups excluding carboxylic acids is 1. The van der Waals surface area contributed by atoms with Gasteiger partial charge >= 0.3 is 0 Å². The van der Waals surface area contributed by atoms with E-state index in [1.165, 1.54) is 10.4 Å². The maximum absolute atomic E-state index is 14.3. The molecule has 1 N–H and O–H groups in total. The number of hydrogen-bond donors (Lipinski definition) is 1. The smallest absolute Gasteiger partial charge is 0.254 e. The van der Waals surface area contributed by atoms with Gasteiger partial charge in [-0.3, -0.25) is 4.79 Å². The number of hydrogen-bond acceptors (Lipinski definition) is 3. The number of sulfonamides is 1. The molecule has 30 heavy (non-hydrogen) atoms. The largest absolute Gasteiger partial charge is 0.348 e. The van der Waals surface area contributed by atoms with E-state index >= 15 is 0 Å². The molecule has 0 bridgehead atoms. The van der Waals surface area contributed by atoms with Crippen LogP contribution >= 0.6 is 23.2 Å². The average molecular weight is 473 g/mol. The van der Waals surface area contributed by atoms with E-state index in [-0.39, 0.29) is 28.8 Å². The highest BCUT2D eigenvalue weighted by Gasteiger charge is 2.32. The molecule has 2 atom stereocenters. The second kappa shape index (κ2) is 9.22. The predicted octanol–water partition coefficient (Wildman–Crippen LogP) is 4.73. The Balaban J connectivity index is 1.80. The molecule has 1 heterocycles. The zero-order valence-electron chi connectivity index (χ0n) is 16.7. The zero-order valence-corrected chi connectivity index (χ0v) is 19.0. The normalized spacial score (nSPS) is 20.2. The molecular formula is C21H23Cl2FN2O3S. The molecule has 0 aliphatic carbocycles. The van der Waals surface area contributed by atoms with Gasteiger partial charge in [0.1, 0.15) is 5.82 Å². The van der Waals surface area contributed by atoms with Crippen LogP contribution in [0.1, 0.15) is 36.2 Å². The Labute approximate surface area is 186 Å². The average Bonchev–Trinajstić information content (AvgIpc) is 2.68. The van der Waals surface area contributed by atoms with Crippen molar-refractivity contribution in [3.05, 3.63) is 63.4 Å². The van der Waals surface area contributed by atoms with Crippen LogP contribution in [0.4, 0.5) is 4.39 Å². The number of carbonyl (C=O) groups is 1. The van der Waals surface area contributed by atoms with Gasteiger partial charge in [0.2, 0.25) is 10.0 Å². The first-order chi connectivity index (χ1) is 14.1. The van der Waals surface area contributed by atoms with Crippen molar-refractivity contribution >= 4 is 39.1 Å². The third-order valence-electron chi connectivity index (χ3n) is 5.09. The minimum atomic E-state index is -3.82. The summed E-state index contributed by atoms with van der Waals surface area (Å²) in [4.78, 5) is 12.4. The number of halogens is 3. The van der Waals surface area contributed by atoms with Crippen LogP contribution in [-0.4, -0.2) is 31.7 Å². The molecule has 162 valence electrons. The van der Waals surface area contributed by atoms with Gasteiger partial charge in [-0.15, -0.1) is 0 Å². The van der Waals surface area contributed by atoms with Crippen LogP contribution in [0.25, 0.3) is 0 Å². The molecule has 9 heteroatoms. The van der Waals surface area contributed by atoms with E-state index in [0.717, 1.165) is 18.6 Å². The highest BCUT2D eigenvalue weighted by Crippen LogP contribution is 2.27. The predicted molar refractivity (Wildman–Crippen MR) is 116 cm³/mol. The minimum Gasteiger partial charge on any atom is -0.348 e. The van der Waals surface area contributed by atoms with Crippen LogP contribution in [0.5, 0.6) is 0 Å². The van der Waals surface area contributed by atoms with Crippen molar-refractivity contribution in [2.45, 2.75) is 31.7 Å². The summed E-state index contributed by atoms with van der Waals surface area (Å²) >= 11 is 11.8. The number of rotatable bonds is 5. The lowest BCUT2D eigenvalue weighted by atomic mass is 9.94. The summed E-state index contributed by atoms with van der Waals surface area (Å²) in [7, 11) is -3.82. The zero-order chi connectivity index (χ0) is 22.1. The van der Waals surface area contributed by atoms with E-state index < -0.39 is 21.7 Å². The van der Waals surface area contributed by atoms with Crippen molar-refractivity contribution in [2.75, 3.05) is 13.1 Å². The molecule has 3 rings (SSSR count). The Kier molecular flexibility index (Phi) is 7.07. The maximum Gasteiger partial charge on any atom is 0.254 e. The van der Waals surface area contributed by atoms with Crippen molar-refractivity contribution in [3.8, 4) is 0 Å². The Morgan fingerprint density at radius 2 is 1.77 bits per heavy atom. The lowest BCUT2D eigenvalue weighted by Crippen LogP contribution is -2.42. The fraction of sp³-hybridized carbons (Fsp3) is 0.381. The summed E-state index contributed by atoms with van der Waals surface area (Å²) < 4.78 is 41.8. The number of piperidine rings is 1. The standard InChI is InChI=1S/C21H23Cl2FN2O3S/c1-13-7-14(2)12-26(11-13)30(28,29)16-4-6-20(24)17(9-16)21(27)25-10-15-3-5-18(22)19(23)8-15/h3-6,8-9,13-14H,7,10-12H2,1-2H3,(H,25,27)/t13-,14-/m0/s1. The molecule has 1 saturated heterocycles. The SMILES string of the molecule is C[C@H]1C[C@H](C)CN(S(=O)(=O)c2ccc(F)c(C(=O)NCc3ccc(Cl)c(Cl)c3)c2)C1. The molecule has 5 nitrogen and oxygen atoms in total. The molecular weight excluding hydrogens is 450 g/mol. The Morgan fingerprint density at radius 1 is 1.10 bits per heavy atom. The minimum absolute atomic E-state index is 0.0906. The van der Waals surface area contributed by atoms with E-state index in [0.29, 0.717) is 28.7 Å². The highest BCUT2D eigenvalue weighted by atomic mass is 35.5. The fourth-order valence-electron chi connectivity index (χ4n) is 3.72. The van der Waals surface area contributed by atoms with E-state index in [2.05, 4.69) is 5.32 Å². The molecule has 0 radical (unpaired) electrons. The molecule has 0 unspecified atom stereocenters. The summed E-state index contributed by atoms with van der Waals surface area (Å²) in [6, 6.07) is 8.19. The molecule has 2 aromatic carbocycles. The summed E-state index contributed by atoms with van der Waals surface area (Å²) in [5, 5.41) is 3.31. The van der Waals surface area contributed by atoms with Crippen molar-refractivity contribution in [1.29, 1.82) is 0 Å². The molecule has 1 aliphatic heterocycles. The van der Waals surface area contributed by atoms with Gasteiger partial charge in [-0.25, -0.2) is 12.8 Å². The number of amides is 1. The summed E-state index contributed by atoms with van der Waals surface area (Å²) in [5.74, 6) is -1.03. The molecule has 1 aliphatic rings. The second-order valence-corrected chi connectivity index (χ2v) is 10.6. The summed E-state index contributed by atoms with van der Waals surface area (Å²) in [6.45, 7) is 4.91. The first-order valence-electron chi connectivity index (χ1n) is 9.59. The van der Waals surface area contributed by atoms with Gasteiger partial charge in [-0.1, -0.05) is 43.1 Å². The third-order valence-corrected chi connectivity index (χ3v) is 7.66. The lowest BCUT2D eigenvalue weighted by molar-refractivity contribution is 0.0946. The summed E-state index contributed by atoms with van der Waals surface area (Å²) in [6.07, 6.45) is 0.956. The first-order valence-corrected chi connectivity index (χ1v) is 11.8. The van der Waals surface area contributed by atoms with Gasteiger partial charge in [0.15, 0.2) is 0 Å². The van der Waals surface area contributed by atoms with E-state index in [1.807, 2.05) is 13.8 Å². The van der Waals surface area contributed by atoms with Crippen molar-refractivity contribution in [1.82, 2.24) is 9.62 Å². The Bertz CT molecular complexity index is 1050. The lowest BCUT2D eigenvalue weighted by Gasteiger charge is -2.34. The van der Waals surface area contributed by atoms with Crippen molar-refractivity contribution in [3.63, 3.8) is 0 Å². The van der Waals surface area contributed by atoms with Crippen LogP contribution < -0.4 is 5.32 Å². The van der Waals surface area contributed by atoms with Crippen LogP contribution in [-0.2, 0) is 16.6 Å².